The van der Waals surface area contributed by atoms with E-state index in [1.165, 1.54) is 16.7 Å². The van der Waals surface area contributed by atoms with Crippen molar-refractivity contribution < 1.29 is 19.1 Å². The molecule has 1 fully saturated rings. The average Bonchev–Trinajstić information content (AvgIpc) is 3.24. The highest BCUT2D eigenvalue weighted by Gasteiger charge is 2.40. The minimum Gasteiger partial charge on any atom is -0.489 e. The Hall–Kier alpha value is -3.77. The lowest BCUT2D eigenvalue weighted by Crippen LogP contribution is -2.44. The van der Waals surface area contributed by atoms with Crippen molar-refractivity contribution in [1.29, 1.82) is 0 Å². The van der Waals surface area contributed by atoms with Crippen molar-refractivity contribution in [2.24, 2.45) is 0 Å². The molecule has 1 aliphatic carbocycles. The van der Waals surface area contributed by atoms with Crippen molar-refractivity contribution in [2.45, 2.75) is 58.0 Å². The van der Waals surface area contributed by atoms with Gasteiger partial charge in [-0.3, -0.25) is 19.3 Å². The van der Waals surface area contributed by atoms with Crippen LogP contribution >= 0.6 is 0 Å². The van der Waals surface area contributed by atoms with Crippen LogP contribution in [0.4, 0.5) is 0 Å². The summed E-state index contributed by atoms with van der Waals surface area (Å²) in [5, 5.41) is 0. The van der Waals surface area contributed by atoms with Gasteiger partial charge in [-0.1, -0.05) is 54.6 Å². The molecule has 188 valence electrons. The second kappa shape index (κ2) is 9.94. The lowest BCUT2D eigenvalue weighted by atomic mass is 9.92. The molecule has 3 aromatic carbocycles. The number of rotatable bonds is 6. The van der Waals surface area contributed by atoms with Gasteiger partial charge in [0.1, 0.15) is 18.1 Å². The van der Waals surface area contributed by atoms with E-state index in [1.54, 1.807) is 11.0 Å². The van der Waals surface area contributed by atoms with Gasteiger partial charge in [0.2, 0.25) is 0 Å². The van der Waals surface area contributed by atoms with Crippen molar-refractivity contribution in [3.63, 3.8) is 0 Å². The van der Waals surface area contributed by atoms with Crippen LogP contribution in [0.3, 0.4) is 0 Å². The van der Waals surface area contributed by atoms with Gasteiger partial charge in [0, 0.05) is 37.2 Å². The maximum Gasteiger partial charge on any atom is 0.255 e. The molecule has 6 nitrogen and oxygen atoms in total. The summed E-state index contributed by atoms with van der Waals surface area (Å²) >= 11 is 0. The monoisotopic (exact) mass is 494 g/mol. The van der Waals surface area contributed by atoms with E-state index in [1.807, 2.05) is 12.1 Å². The fourth-order valence-corrected chi connectivity index (χ4v) is 5.83. The summed E-state index contributed by atoms with van der Waals surface area (Å²) in [5.41, 5.74) is 6.60. The van der Waals surface area contributed by atoms with E-state index in [0.717, 1.165) is 37.2 Å². The SMILES string of the molecule is O=C1CCC(N2Cc3c(OCc4cccc(CN5CCc6ccccc6C5)c4)cccc3C2=O)C(=O)C1. The first-order chi connectivity index (χ1) is 18.0. The lowest BCUT2D eigenvalue weighted by molar-refractivity contribution is -0.133. The molecule has 6 rings (SSSR count). The predicted octanol–water partition coefficient (Wildman–Crippen LogP) is 4.47. The van der Waals surface area contributed by atoms with E-state index in [0.29, 0.717) is 37.3 Å². The smallest absolute Gasteiger partial charge is 0.255 e. The van der Waals surface area contributed by atoms with Crippen molar-refractivity contribution in [3.8, 4) is 5.75 Å². The molecule has 0 saturated heterocycles. The van der Waals surface area contributed by atoms with Gasteiger partial charge in [-0.05, 0) is 47.2 Å². The maximum atomic E-state index is 13.1. The van der Waals surface area contributed by atoms with Gasteiger partial charge in [-0.25, -0.2) is 0 Å². The van der Waals surface area contributed by atoms with E-state index in [2.05, 4.69) is 53.4 Å². The molecule has 2 aliphatic heterocycles. The second-order valence-electron chi connectivity index (χ2n) is 10.3. The first-order valence-electron chi connectivity index (χ1n) is 13.0. The predicted molar refractivity (Wildman–Crippen MR) is 139 cm³/mol. The zero-order valence-corrected chi connectivity index (χ0v) is 20.8. The van der Waals surface area contributed by atoms with E-state index in [-0.39, 0.29) is 23.9 Å². The van der Waals surface area contributed by atoms with E-state index in [9.17, 15) is 14.4 Å². The lowest BCUT2D eigenvalue weighted by Gasteiger charge is -2.29. The van der Waals surface area contributed by atoms with Gasteiger partial charge in [0.15, 0.2) is 5.78 Å². The standard InChI is InChI=1S/C31H30N2O4/c34-25-11-12-28(29(35)16-25)33-19-27-26(31(33)36)9-4-10-30(27)37-20-22-6-3-5-21(15-22)17-32-14-13-23-7-1-2-8-24(23)18-32/h1-10,15,28H,11-14,16-20H2. The van der Waals surface area contributed by atoms with Gasteiger partial charge in [0.05, 0.1) is 19.0 Å². The molecule has 37 heavy (non-hydrogen) atoms. The molecule has 1 atom stereocenters. The highest BCUT2D eigenvalue weighted by atomic mass is 16.5. The van der Waals surface area contributed by atoms with Crippen LogP contribution in [-0.2, 0) is 42.3 Å². The second-order valence-corrected chi connectivity index (χ2v) is 10.3. The summed E-state index contributed by atoms with van der Waals surface area (Å²) in [6.07, 6.45) is 1.76. The summed E-state index contributed by atoms with van der Waals surface area (Å²) in [4.78, 5) is 41.3. The average molecular weight is 495 g/mol. The van der Waals surface area contributed by atoms with Crippen LogP contribution in [0.2, 0.25) is 0 Å². The molecule has 0 N–H and O–H groups in total. The summed E-state index contributed by atoms with van der Waals surface area (Å²) in [6, 6.07) is 22.1. The van der Waals surface area contributed by atoms with Crippen LogP contribution in [0, 0.1) is 0 Å². The third-order valence-corrected chi connectivity index (χ3v) is 7.77. The third kappa shape index (κ3) is 4.81. The fraction of sp³-hybridized carbons (Fsp3) is 0.323. The van der Waals surface area contributed by atoms with Gasteiger partial charge >= 0.3 is 0 Å². The fourth-order valence-electron chi connectivity index (χ4n) is 5.83. The summed E-state index contributed by atoms with van der Waals surface area (Å²) in [7, 11) is 0. The number of ether oxygens (including phenoxy) is 1. The summed E-state index contributed by atoms with van der Waals surface area (Å²) in [6.45, 7) is 3.65. The van der Waals surface area contributed by atoms with Gasteiger partial charge in [-0.2, -0.15) is 0 Å². The Morgan fingerprint density at radius 3 is 2.51 bits per heavy atom. The molecule has 1 saturated carbocycles. The van der Waals surface area contributed by atoms with Crippen LogP contribution in [0.15, 0.2) is 66.7 Å². The highest BCUT2D eigenvalue weighted by Crippen LogP contribution is 2.34. The van der Waals surface area contributed by atoms with Gasteiger partial charge < -0.3 is 9.64 Å². The van der Waals surface area contributed by atoms with Crippen molar-refractivity contribution in [2.75, 3.05) is 6.54 Å². The van der Waals surface area contributed by atoms with Crippen LogP contribution in [-0.4, -0.2) is 39.9 Å². The van der Waals surface area contributed by atoms with Crippen LogP contribution in [0.25, 0.3) is 0 Å². The number of carbonyl (C=O) groups excluding carboxylic acids is 3. The molecular formula is C31H30N2O4. The summed E-state index contributed by atoms with van der Waals surface area (Å²) < 4.78 is 6.22. The number of fused-ring (bicyclic) bond motifs is 2. The van der Waals surface area contributed by atoms with Crippen LogP contribution in [0.5, 0.6) is 5.75 Å². The zero-order valence-electron chi connectivity index (χ0n) is 20.8. The van der Waals surface area contributed by atoms with Crippen LogP contribution < -0.4 is 4.74 Å². The highest BCUT2D eigenvalue weighted by molar-refractivity contribution is 6.07. The molecule has 1 amide bonds. The van der Waals surface area contributed by atoms with E-state index < -0.39 is 6.04 Å². The molecule has 3 aromatic rings. The van der Waals surface area contributed by atoms with Crippen molar-refractivity contribution >= 4 is 17.5 Å². The first kappa shape index (κ1) is 23.6. The Labute approximate surface area is 216 Å². The minimum absolute atomic E-state index is 0.0400. The number of hydrogen-bond donors (Lipinski definition) is 0. The number of ketones is 2. The topological polar surface area (TPSA) is 66.9 Å². The Balaban J connectivity index is 1.12. The van der Waals surface area contributed by atoms with Crippen LogP contribution in [0.1, 0.15) is 57.4 Å². The quantitative estimate of drug-likeness (QED) is 0.473. The number of hydrogen-bond acceptors (Lipinski definition) is 5. The maximum absolute atomic E-state index is 13.1. The normalized spacial score (nSPS) is 19.6. The number of carbonyl (C=O) groups is 3. The molecular weight excluding hydrogens is 464 g/mol. The van der Waals surface area contributed by atoms with E-state index in [4.69, 9.17) is 4.74 Å². The Morgan fingerprint density at radius 1 is 0.838 bits per heavy atom. The molecule has 3 aliphatic rings. The van der Waals surface area contributed by atoms with E-state index >= 15 is 0 Å². The number of Topliss-reactive ketones (excluding diaryl/α,β-unsaturated/α-hetero) is 2. The summed E-state index contributed by atoms with van der Waals surface area (Å²) in [5.74, 6) is 0.319. The molecule has 0 bridgehead atoms. The Morgan fingerprint density at radius 2 is 1.65 bits per heavy atom. The van der Waals surface area contributed by atoms with Crippen molar-refractivity contribution in [1.82, 2.24) is 9.80 Å². The molecule has 2 heterocycles. The Kier molecular flexibility index (Phi) is 6.35. The van der Waals surface area contributed by atoms with Crippen molar-refractivity contribution in [3.05, 3.63) is 100 Å². The molecule has 0 spiro atoms. The third-order valence-electron chi connectivity index (χ3n) is 7.77. The molecule has 0 aromatic heterocycles. The minimum atomic E-state index is -0.524. The number of amides is 1. The number of benzene rings is 3. The molecule has 0 radical (unpaired) electrons. The first-order valence-corrected chi connectivity index (χ1v) is 13.0. The molecule has 6 heteroatoms. The number of nitrogens with zero attached hydrogens (tertiary/aromatic N) is 2. The zero-order chi connectivity index (χ0) is 25.4. The molecule has 1 unspecified atom stereocenters. The van der Waals surface area contributed by atoms with Gasteiger partial charge in [0.25, 0.3) is 5.91 Å². The van der Waals surface area contributed by atoms with Gasteiger partial charge in [-0.15, -0.1) is 0 Å². The Bertz CT molecular complexity index is 1380. The largest absolute Gasteiger partial charge is 0.489 e.